The summed E-state index contributed by atoms with van der Waals surface area (Å²) in [5.74, 6) is 0.422. The molecule has 7 heteroatoms. The molecule has 138 valence electrons. The van der Waals surface area contributed by atoms with E-state index in [9.17, 15) is 4.79 Å². The molecule has 1 aliphatic rings. The van der Waals surface area contributed by atoms with Crippen LogP contribution in [0.2, 0.25) is 5.02 Å². The van der Waals surface area contributed by atoms with Gasteiger partial charge in [0.25, 0.3) is 0 Å². The maximum Gasteiger partial charge on any atom is 0.232 e. The second kappa shape index (κ2) is 7.31. The lowest BCUT2D eigenvalue weighted by molar-refractivity contribution is -0.0509. The van der Waals surface area contributed by atoms with E-state index in [1.54, 1.807) is 18.3 Å². The van der Waals surface area contributed by atoms with Crippen LogP contribution in [0.25, 0.3) is 10.2 Å². The molecule has 3 aromatic rings. The molecule has 2 aromatic carbocycles. The Morgan fingerprint density at radius 1 is 1.33 bits per heavy atom. The average Bonchev–Trinajstić information content (AvgIpc) is 3.04. The molecule has 5 nitrogen and oxygen atoms in total. The highest BCUT2D eigenvalue weighted by Gasteiger charge is 2.32. The first-order valence-electron chi connectivity index (χ1n) is 8.51. The number of ketones is 1. The van der Waals surface area contributed by atoms with Gasteiger partial charge in [0, 0.05) is 17.8 Å². The number of ether oxygens (including phenoxy) is 2. The molecule has 1 aromatic heterocycles. The lowest BCUT2D eigenvalue weighted by atomic mass is 9.98. The van der Waals surface area contributed by atoms with Crippen LogP contribution in [0.5, 0.6) is 5.75 Å². The summed E-state index contributed by atoms with van der Waals surface area (Å²) < 4.78 is 12.5. The van der Waals surface area contributed by atoms with E-state index in [0.29, 0.717) is 33.6 Å². The number of fused-ring (bicyclic) bond motifs is 2. The number of hydrogen-bond donors (Lipinski definition) is 1. The van der Waals surface area contributed by atoms with E-state index in [2.05, 4.69) is 10.3 Å². The molecule has 0 fully saturated rings. The molecule has 27 heavy (non-hydrogen) atoms. The van der Waals surface area contributed by atoms with Gasteiger partial charge in [0.2, 0.25) is 6.29 Å². The van der Waals surface area contributed by atoms with Crippen molar-refractivity contribution in [3.8, 4) is 5.75 Å². The van der Waals surface area contributed by atoms with Gasteiger partial charge in [-0.05, 0) is 44.2 Å². The molecular formula is C20H17ClN2O3S. The number of aryl methyl sites for hydroxylation is 1. The monoisotopic (exact) mass is 400 g/mol. The summed E-state index contributed by atoms with van der Waals surface area (Å²) in [5, 5.41) is 4.44. The molecule has 1 atom stereocenters. The van der Waals surface area contributed by atoms with Gasteiger partial charge in [-0.2, -0.15) is 0 Å². The van der Waals surface area contributed by atoms with Gasteiger partial charge < -0.3 is 14.8 Å². The summed E-state index contributed by atoms with van der Waals surface area (Å²) in [4.78, 5) is 17.5. The highest BCUT2D eigenvalue weighted by atomic mass is 35.5. The van der Waals surface area contributed by atoms with E-state index in [1.807, 2.05) is 38.1 Å². The van der Waals surface area contributed by atoms with Crippen molar-refractivity contribution in [2.75, 3.05) is 11.9 Å². The normalized spacial score (nSPS) is 17.8. The summed E-state index contributed by atoms with van der Waals surface area (Å²) >= 11 is 7.49. The largest absolute Gasteiger partial charge is 0.460 e. The molecule has 4 rings (SSSR count). The van der Waals surface area contributed by atoms with E-state index in [-0.39, 0.29) is 5.78 Å². The zero-order valence-electron chi connectivity index (χ0n) is 14.8. The van der Waals surface area contributed by atoms with Crippen molar-refractivity contribution < 1.29 is 14.3 Å². The first-order valence-corrected chi connectivity index (χ1v) is 9.71. The Kier molecular flexibility index (Phi) is 4.86. The number of hydrogen-bond acceptors (Lipinski definition) is 6. The third kappa shape index (κ3) is 3.56. The van der Waals surface area contributed by atoms with Crippen LogP contribution in [0.15, 0.2) is 48.2 Å². The number of benzene rings is 2. The Balaban J connectivity index is 1.67. The van der Waals surface area contributed by atoms with Crippen molar-refractivity contribution in [1.82, 2.24) is 4.98 Å². The summed E-state index contributed by atoms with van der Waals surface area (Å²) in [5.41, 5.74) is 2.79. The van der Waals surface area contributed by atoms with Gasteiger partial charge in [0.1, 0.15) is 5.75 Å². The van der Waals surface area contributed by atoms with Crippen LogP contribution in [-0.4, -0.2) is 23.7 Å². The van der Waals surface area contributed by atoms with Gasteiger partial charge in [0.05, 0.1) is 21.4 Å². The molecule has 0 unspecified atom stereocenters. The fraction of sp³-hybridized carbons (Fsp3) is 0.200. The number of nitrogens with one attached hydrogen (secondary N) is 1. The summed E-state index contributed by atoms with van der Waals surface area (Å²) in [6.07, 6.45) is 0.863. The van der Waals surface area contributed by atoms with Gasteiger partial charge in [-0.1, -0.05) is 34.6 Å². The van der Waals surface area contributed by atoms with E-state index in [0.717, 1.165) is 15.8 Å². The van der Waals surface area contributed by atoms with Crippen LogP contribution >= 0.6 is 22.9 Å². The third-order valence-electron chi connectivity index (χ3n) is 4.15. The Hall–Kier alpha value is -2.41. The smallest absolute Gasteiger partial charge is 0.232 e. The molecule has 1 N–H and O–H groups in total. The standard InChI is InChI=1S/C20H17ClN2O3S/c1-3-25-19-14(18(24)13-8-11(2)4-7-16(13)26-19)10-22-20-23-15-6-5-12(21)9-17(15)27-20/h4-10,19H,3H2,1-2H3,(H,22,23)/b14-10-/t19-/m1/s1. The molecule has 0 bridgehead atoms. The minimum Gasteiger partial charge on any atom is -0.460 e. The number of anilines is 1. The van der Waals surface area contributed by atoms with Gasteiger partial charge in [-0.3, -0.25) is 4.79 Å². The van der Waals surface area contributed by atoms with Crippen molar-refractivity contribution in [2.45, 2.75) is 20.1 Å². The molecule has 0 aliphatic carbocycles. The van der Waals surface area contributed by atoms with Crippen LogP contribution in [0, 0.1) is 6.92 Å². The molecule has 0 saturated heterocycles. The van der Waals surface area contributed by atoms with Gasteiger partial charge in [-0.15, -0.1) is 0 Å². The number of Topliss-reactive ketones (excluding diaryl/α,β-unsaturated/α-hetero) is 1. The van der Waals surface area contributed by atoms with Crippen molar-refractivity contribution in [2.24, 2.45) is 0 Å². The third-order valence-corrected chi connectivity index (χ3v) is 5.33. The van der Waals surface area contributed by atoms with Crippen LogP contribution in [0.4, 0.5) is 5.13 Å². The number of carbonyl (C=O) groups is 1. The predicted molar refractivity (Wildman–Crippen MR) is 108 cm³/mol. The summed E-state index contributed by atoms with van der Waals surface area (Å²) in [6, 6.07) is 11.1. The first kappa shape index (κ1) is 18.0. The Labute approximate surface area is 165 Å². The quantitative estimate of drug-likeness (QED) is 0.610. The molecule has 0 amide bonds. The van der Waals surface area contributed by atoms with Gasteiger partial charge in [-0.25, -0.2) is 4.98 Å². The van der Waals surface area contributed by atoms with E-state index in [1.165, 1.54) is 11.3 Å². The van der Waals surface area contributed by atoms with Crippen molar-refractivity contribution in [1.29, 1.82) is 0 Å². The van der Waals surface area contributed by atoms with Crippen molar-refractivity contribution >= 4 is 44.1 Å². The number of aromatic nitrogens is 1. The van der Waals surface area contributed by atoms with Crippen LogP contribution in [0.1, 0.15) is 22.8 Å². The maximum absolute atomic E-state index is 13.0. The second-order valence-electron chi connectivity index (χ2n) is 6.11. The highest BCUT2D eigenvalue weighted by molar-refractivity contribution is 7.22. The first-order chi connectivity index (χ1) is 13.0. The summed E-state index contributed by atoms with van der Waals surface area (Å²) in [7, 11) is 0. The Bertz CT molecular complexity index is 1060. The molecule has 0 saturated carbocycles. The zero-order chi connectivity index (χ0) is 19.0. The Morgan fingerprint density at radius 2 is 2.19 bits per heavy atom. The van der Waals surface area contributed by atoms with Gasteiger partial charge in [0.15, 0.2) is 10.9 Å². The number of carbonyl (C=O) groups excluding carboxylic acids is 1. The van der Waals surface area contributed by atoms with Crippen molar-refractivity contribution in [3.63, 3.8) is 0 Å². The minimum absolute atomic E-state index is 0.116. The average molecular weight is 401 g/mol. The van der Waals surface area contributed by atoms with Crippen LogP contribution in [-0.2, 0) is 4.74 Å². The molecular weight excluding hydrogens is 384 g/mol. The number of halogens is 1. The lowest BCUT2D eigenvalue weighted by Gasteiger charge is -2.27. The van der Waals surface area contributed by atoms with E-state index >= 15 is 0 Å². The maximum atomic E-state index is 13.0. The van der Waals surface area contributed by atoms with Crippen LogP contribution in [0.3, 0.4) is 0 Å². The van der Waals surface area contributed by atoms with E-state index in [4.69, 9.17) is 21.1 Å². The molecule has 2 heterocycles. The Morgan fingerprint density at radius 3 is 3.00 bits per heavy atom. The van der Waals surface area contributed by atoms with Gasteiger partial charge >= 0.3 is 0 Å². The predicted octanol–water partition coefficient (Wildman–Crippen LogP) is 5.19. The van der Waals surface area contributed by atoms with E-state index < -0.39 is 6.29 Å². The lowest BCUT2D eigenvalue weighted by Crippen LogP contribution is -2.33. The molecule has 0 spiro atoms. The number of nitrogens with zero attached hydrogens (tertiary/aromatic N) is 1. The molecule has 1 aliphatic heterocycles. The SMILES string of the molecule is CCO[C@@H]1Oc2ccc(C)cc2C(=O)/C1=C/Nc1nc2ccc(Cl)cc2s1. The second-order valence-corrected chi connectivity index (χ2v) is 7.58. The number of rotatable bonds is 4. The van der Waals surface area contributed by atoms with Crippen LogP contribution < -0.4 is 10.1 Å². The highest BCUT2D eigenvalue weighted by Crippen LogP contribution is 2.33. The fourth-order valence-electron chi connectivity index (χ4n) is 2.87. The summed E-state index contributed by atoms with van der Waals surface area (Å²) in [6.45, 7) is 4.23. The fourth-order valence-corrected chi connectivity index (χ4v) is 3.98. The zero-order valence-corrected chi connectivity index (χ0v) is 16.4. The van der Waals surface area contributed by atoms with Crippen molar-refractivity contribution in [3.05, 3.63) is 64.3 Å². The topological polar surface area (TPSA) is 60.5 Å². The minimum atomic E-state index is -0.756. The number of thiazole rings is 1. The molecule has 0 radical (unpaired) electrons.